The van der Waals surface area contributed by atoms with Crippen molar-refractivity contribution in [2.75, 3.05) is 20.8 Å². The summed E-state index contributed by atoms with van der Waals surface area (Å²) < 4.78 is 9.88. The molecule has 5 nitrogen and oxygen atoms in total. The Hall–Kier alpha value is -1.59. The maximum Gasteiger partial charge on any atom is 0.323 e. The van der Waals surface area contributed by atoms with Crippen molar-refractivity contribution in [1.82, 2.24) is 4.90 Å². The number of ether oxygens (including phenoxy) is 2. The van der Waals surface area contributed by atoms with Crippen LogP contribution >= 0.6 is 0 Å². The highest BCUT2D eigenvalue weighted by molar-refractivity contribution is 5.76. The van der Waals surface area contributed by atoms with Gasteiger partial charge in [-0.3, -0.25) is 9.69 Å². The Bertz CT molecular complexity index is 432. The van der Waals surface area contributed by atoms with Gasteiger partial charge in [0.25, 0.3) is 0 Å². The van der Waals surface area contributed by atoms with Crippen molar-refractivity contribution in [3.63, 3.8) is 0 Å². The van der Waals surface area contributed by atoms with E-state index in [1.54, 1.807) is 7.11 Å². The molecular formula is C14H19NO4. The largest absolute Gasteiger partial charge is 0.497 e. The second-order valence-electron chi connectivity index (χ2n) is 4.71. The van der Waals surface area contributed by atoms with Crippen molar-refractivity contribution in [3.05, 3.63) is 29.8 Å². The van der Waals surface area contributed by atoms with E-state index in [-0.39, 0.29) is 12.0 Å². The molecule has 5 heteroatoms. The third-order valence-corrected chi connectivity index (χ3v) is 3.40. The smallest absolute Gasteiger partial charge is 0.323 e. The van der Waals surface area contributed by atoms with Crippen LogP contribution in [0.1, 0.15) is 12.0 Å². The predicted molar refractivity (Wildman–Crippen MR) is 69.8 cm³/mol. The van der Waals surface area contributed by atoms with Gasteiger partial charge >= 0.3 is 5.97 Å². The minimum absolute atomic E-state index is 0.287. The molecule has 1 N–H and O–H groups in total. The van der Waals surface area contributed by atoms with E-state index < -0.39 is 6.10 Å². The van der Waals surface area contributed by atoms with Crippen molar-refractivity contribution < 1.29 is 19.4 Å². The lowest BCUT2D eigenvalue weighted by atomic mass is 10.1. The minimum atomic E-state index is -0.470. The molecule has 0 unspecified atom stereocenters. The summed E-state index contributed by atoms with van der Waals surface area (Å²) in [7, 11) is 3.00. The summed E-state index contributed by atoms with van der Waals surface area (Å²) in [4.78, 5) is 13.6. The van der Waals surface area contributed by atoms with Crippen LogP contribution in [0.4, 0.5) is 0 Å². The first-order chi connectivity index (χ1) is 9.13. The number of rotatable bonds is 4. The minimum Gasteiger partial charge on any atom is -0.497 e. The number of benzene rings is 1. The van der Waals surface area contributed by atoms with Crippen molar-refractivity contribution in [3.8, 4) is 5.75 Å². The molecule has 1 heterocycles. The van der Waals surface area contributed by atoms with Gasteiger partial charge in [0.1, 0.15) is 11.8 Å². The fourth-order valence-electron chi connectivity index (χ4n) is 2.40. The molecule has 0 saturated carbocycles. The van der Waals surface area contributed by atoms with Crippen molar-refractivity contribution in [1.29, 1.82) is 0 Å². The number of hydrogen-bond acceptors (Lipinski definition) is 5. The van der Waals surface area contributed by atoms with Crippen LogP contribution in [0.2, 0.25) is 0 Å². The predicted octanol–water partition coefficient (Wildman–Crippen LogP) is 0.803. The zero-order valence-electron chi connectivity index (χ0n) is 11.2. The Morgan fingerprint density at radius 3 is 2.63 bits per heavy atom. The molecule has 0 spiro atoms. The van der Waals surface area contributed by atoms with Gasteiger partial charge in [0, 0.05) is 19.5 Å². The Labute approximate surface area is 112 Å². The molecule has 19 heavy (non-hydrogen) atoms. The van der Waals surface area contributed by atoms with Crippen molar-refractivity contribution in [2.45, 2.75) is 25.1 Å². The van der Waals surface area contributed by atoms with Gasteiger partial charge in [0.15, 0.2) is 0 Å². The van der Waals surface area contributed by atoms with Crippen LogP contribution in [0, 0.1) is 0 Å². The van der Waals surface area contributed by atoms with E-state index >= 15 is 0 Å². The maximum absolute atomic E-state index is 11.7. The summed E-state index contributed by atoms with van der Waals surface area (Å²) in [6, 6.07) is 7.32. The monoisotopic (exact) mass is 265 g/mol. The van der Waals surface area contributed by atoms with Gasteiger partial charge in [-0.25, -0.2) is 0 Å². The molecule has 2 rings (SSSR count). The lowest BCUT2D eigenvalue weighted by molar-refractivity contribution is -0.146. The van der Waals surface area contributed by atoms with E-state index in [1.807, 2.05) is 29.2 Å². The SMILES string of the molecule is COC(=O)[C@H]1C[C@@H](O)CN1Cc1ccc(OC)cc1. The number of likely N-dealkylation sites (tertiary alicyclic amines) is 1. The summed E-state index contributed by atoms with van der Waals surface area (Å²) in [5.41, 5.74) is 1.07. The zero-order chi connectivity index (χ0) is 13.8. The molecule has 0 amide bonds. The lowest BCUT2D eigenvalue weighted by Gasteiger charge is -2.22. The van der Waals surface area contributed by atoms with Crippen LogP contribution in [0.3, 0.4) is 0 Å². The summed E-state index contributed by atoms with van der Waals surface area (Å²) in [5, 5.41) is 9.71. The van der Waals surface area contributed by atoms with Crippen LogP contribution in [-0.4, -0.2) is 48.9 Å². The highest BCUT2D eigenvalue weighted by atomic mass is 16.5. The van der Waals surface area contributed by atoms with Gasteiger partial charge in [0.05, 0.1) is 20.3 Å². The second-order valence-corrected chi connectivity index (χ2v) is 4.71. The standard InChI is InChI=1S/C14H19NO4/c1-18-12-5-3-10(4-6-12)8-15-9-11(16)7-13(15)14(17)19-2/h3-6,11,13,16H,7-9H2,1-2H3/t11-,13-/m1/s1. The van der Waals surface area contributed by atoms with Crippen molar-refractivity contribution >= 4 is 5.97 Å². The molecule has 2 atom stereocenters. The Kier molecular flexibility index (Phi) is 4.39. The first-order valence-corrected chi connectivity index (χ1v) is 6.27. The lowest BCUT2D eigenvalue weighted by Crippen LogP contribution is -2.36. The number of hydrogen-bond donors (Lipinski definition) is 1. The van der Waals surface area contributed by atoms with Crippen LogP contribution in [-0.2, 0) is 16.1 Å². The van der Waals surface area contributed by atoms with E-state index in [0.717, 1.165) is 11.3 Å². The summed E-state index contributed by atoms with van der Waals surface area (Å²) >= 11 is 0. The summed E-state index contributed by atoms with van der Waals surface area (Å²) in [6.45, 7) is 1.10. The topological polar surface area (TPSA) is 59.0 Å². The molecule has 0 bridgehead atoms. The first-order valence-electron chi connectivity index (χ1n) is 6.27. The average molecular weight is 265 g/mol. The number of nitrogens with zero attached hydrogens (tertiary/aromatic N) is 1. The number of esters is 1. The number of aliphatic hydroxyl groups excluding tert-OH is 1. The summed E-state index contributed by atoms with van der Waals surface area (Å²) in [5.74, 6) is 0.514. The highest BCUT2D eigenvalue weighted by Crippen LogP contribution is 2.22. The van der Waals surface area contributed by atoms with E-state index in [1.165, 1.54) is 7.11 Å². The van der Waals surface area contributed by atoms with Crippen LogP contribution in [0.5, 0.6) is 5.75 Å². The zero-order valence-corrected chi connectivity index (χ0v) is 11.2. The molecule has 1 fully saturated rings. The molecule has 1 saturated heterocycles. The van der Waals surface area contributed by atoms with E-state index in [0.29, 0.717) is 19.5 Å². The molecule has 1 aliphatic heterocycles. The van der Waals surface area contributed by atoms with E-state index in [9.17, 15) is 9.90 Å². The van der Waals surface area contributed by atoms with Gasteiger partial charge in [-0.05, 0) is 17.7 Å². The molecule has 0 aromatic heterocycles. The van der Waals surface area contributed by atoms with Crippen LogP contribution in [0.25, 0.3) is 0 Å². The van der Waals surface area contributed by atoms with Gasteiger partial charge in [-0.1, -0.05) is 12.1 Å². The first kappa shape index (κ1) is 13.8. The van der Waals surface area contributed by atoms with Crippen LogP contribution < -0.4 is 4.74 Å². The van der Waals surface area contributed by atoms with Crippen LogP contribution in [0.15, 0.2) is 24.3 Å². The molecule has 1 aromatic rings. The molecule has 0 aliphatic carbocycles. The number of aliphatic hydroxyl groups is 1. The Balaban J connectivity index is 2.05. The number of methoxy groups -OCH3 is 2. The number of carbonyl (C=O) groups is 1. The van der Waals surface area contributed by atoms with E-state index in [2.05, 4.69) is 0 Å². The Morgan fingerprint density at radius 2 is 2.05 bits per heavy atom. The van der Waals surface area contributed by atoms with E-state index in [4.69, 9.17) is 9.47 Å². The van der Waals surface area contributed by atoms with Gasteiger partial charge in [0.2, 0.25) is 0 Å². The molecule has 1 aromatic carbocycles. The fraction of sp³-hybridized carbons (Fsp3) is 0.500. The van der Waals surface area contributed by atoms with Gasteiger partial charge in [-0.2, -0.15) is 0 Å². The molecular weight excluding hydrogens is 246 g/mol. The van der Waals surface area contributed by atoms with Crippen molar-refractivity contribution in [2.24, 2.45) is 0 Å². The summed E-state index contributed by atoms with van der Waals surface area (Å²) in [6.07, 6.45) is -0.0367. The molecule has 104 valence electrons. The number of carbonyl (C=O) groups excluding carboxylic acids is 1. The fourth-order valence-corrected chi connectivity index (χ4v) is 2.40. The third-order valence-electron chi connectivity index (χ3n) is 3.40. The highest BCUT2D eigenvalue weighted by Gasteiger charge is 2.36. The molecule has 0 radical (unpaired) electrons. The normalized spacial score (nSPS) is 23.3. The van der Waals surface area contributed by atoms with Gasteiger partial charge in [-0.15, -0.1) is 0 Å². The van der Waals surface area contributed by atoms with Gasteiger partial charge < -0.3 is 14.6 Å². The quantitative estimate of drug-likeness (QED) is 0.816. The third kappa shape index (κ3) is 3.24. The maximum atomic E-state index is 11.7. The molecule has 1 aliphatic rings. The Morgan fingerprint density at radius 1 is 1.37 bits per heavy atom. The number of β-amino-alcohol motifs (C(OH)–C–C–N with tert-alkyl or cyclic N) is 1. The average Bonchev–Trinajstić information content (AvgIpc) is 2.79. The second kappa shape index (κ2) is 6.04.